The van der Waals surface area contributed by atoms with Gasteiger partial charge in [-0.25, -0.2) is 18.4 Å². The number of sulfone groups is 1. The molecule has 0 atom stereocenters. The molecule has 5 nitrogen and oxygen atoms in total. The Balaban J connectivity index is 2.61. The van der Waals surface area contributed by atoms with Gasteiger partial charge in [-0.2, -0.15) is 13.2 Å². The number of aromatic nitrogens is 3. The highest BCUT2D eigenvalue weighted by Crippen LogP contribution is 2.29. The molecule has 0 amide bonds. The number of nitrogens with zero attached hydrogens (tertiary/aromatic N) is 3. The van der Waals surface area contributed by atoms with Gasteiger partial charge < -0.3 is 0 Å². The molecule has 0 saturated carbocycles. The largest absolute Gasteiger partial charge is 0.503 e. The van der Waals surface area contributed by atoms with Crippen molar-refractivity contribution in [3.8, 4) is 0 Å². The summed E-state index contributed by atoms with van der Waals surface area (Å²) < 4.78 is 61.3. The summed E-state index contributed by atoms with van der Waals surface area (Å²) in [6.07, 6.45) is 2.61. The fraction of sp³-hybridized carbons (Fsp3) is 0.455. The van der Waals surface area contributed by atoms with Crippen LogP contribution in [0.1, 0.15) is 26.5 Å². The van der Waals surface area contributed by atoms with Gasteiger partial charge in [-0.05, 0) is 0 Å². The van der Waals surface area contributed by atoms with Gasteiger partial charge in [0, 0.05) is 17.7 Å². The maximum absolute atomic E-state index is 12.5. The average molecular weight is 307 g/mol. The smallest absolute Gasteiger partial charge is 0.290 e. The zero-order valence-corrected chi connectivity index (χ0v) is 11.7. The number of imidazole rings is 1. The normalized spacial score (nSPS) is 13.9. The SMILES string of the molecule is CC(C)(C)c1cn2cnc(S(=O)(=O)C(F)(F)F)cc2n1. The molecule has 0 aliphatic rings. The van der Waals surface area contributed by atoms with Crippen LogP contribution in [0.4, 0.5) is 13.2 Å². The summed E-state index contributed by atoms with van der Waals surface area (Å²) in [6.45, 7) is 5.65. The van der Waals surface area contributed by atoms with Crippen molar-refractivity contribution in [3.63, 3.8) is 0 Å². The summed E-state index contributed by atoms with van der Waals surface area (Å²) >= 11 is 0. The lowest BCUT2D eigenvalue weighted by Gasteiger charge is -2.13. The molecule has 0 aromatic carbocycles. The predicted molar refractivity (Wildman–Crippen MR) is 64.9 cm³/mol. The van der Waals surface area contributed by atoms with Crippen LogP contribution in [0.3, 0.4) is 0 Å². The van der Waals surface area contributed by atoms with Crippen molar-refractivity contribution >= 4 is 15.5 Å². The van der Waals surface area contributed by atoms with Crippen LogP contribution in [0.2, 0.25) is 0 Å². The van der Waals surface area contributed by atoms with E-state index < -0.39 is 20.4 Å². The average Bonchev–Trinajstić information content (AvgIpc) is 2.69. The summed E-state index contributed by atoms with van der Waals surface area (Å²) in [5, 5.41) is -1.05. The van der Waals surface area contributed by atoms with E-state index in [0.717, 1.165) is 12.4 Å². The van der Waals surface area contributed by atoms with Gasteiger partial charge in [-0.1, -0.05) is 20.8 Å². The fourth-order valence-electron chi connectivity index (χ4n) is 1.50. The summed E-state index contributed by atoms with van der Waals surface area (Å²) in [5.41, 5.74) is -4.96. The number of halogens is 3. The van der Waals surface area contributed by atoms with Gasteiger partial charge in [0.15, 0.2) is 5.03 Å². The molecule has 0 spiro atoms. The van der Waals surface area contributed by atoms with Crippen molar-refractivity contribution in [2.45, 2.75) is 36.7 Å². The first kappa shape index (κ1) is 14.8. The number of hydrogen-bond acceptors (Lipinski definition) is 4. The summed E-state index contributed by atoms with van der Waals surface area (Å²) in [4.78, 5) is 7.49. The highest BCUT2D eigenvalue weighted by Gasteiger charge is 2.48. The first-order valence-corrected chi connectivity index (χ1v) is 7.08. The molecule has 0 bridgehead atoms. The minimum absolute atomic E-state index is 0.104. The molecule has 0 aliphatic carbocycles. The Labute approximate surface area is 113 Å². The second-order valence-corrected chi connectivity index (χ2v) is 7.21. The van der Waals surface area contributed by atoms with E-state index in [4.69, 9.17) is 0 Å². The van der Waals surface area contributed by atoms with Crippen LogP contribution in [-0.4, -0.2) is 28.3 Å². The topological polar surface area (TPSA) is 64.3 Å². The van der Waals surface area contributed by atoms with Crippen LogP contribution >= 0.6 is 0 Å². The van der Waals surface area contributed by atoms with E-state index in [0.29, 0.717) is 5.69 Å². The Morgan fingerprint density at radius 1 is 1.20 bits per heavy atom. The van der Waals surface area contributed by atoms with Gasteiger partial charge in [-0.3, -0.25) is 4.40 Å². The van der Waals surface area contributed by atoms with E-state index in [1.807, 2.05) is 20.8 Å². The van der Waals surface area contributed by atoms with Crippen molar-refractivity contribution in [1.29, 1.82) is 0 Å². The minimum Gasteiger partial charge on any atom is -0.290 e. The first-order valence-electron chi connectivity index (χ1n) is 5.59. The minimum atomic E-state index is -5.46. The molecule has 2 aromatic rings. The second-order valence-electron chi connectivity index (χ2n) is 5.32. The van der Waals surface area contributed by atoms with Gasteiger partial charge in [0.25, 0.3) is 9.84 Å². The zero-order valence-electron chi connectivity index (χ0n) is 10.9. The van der Waals surface area contributed by atoms with Crippen molar-refractivity contribution in [1.82, 2.24) is 14.4 Å². The van der Waals surface area contributed by atoms with E-state index in [-0.39, 0.29) is 11.1 Å². The maximum Gasteiger partial charge on any atom is 0.503 e. The third-order valence-corrected chi connectivity index (χ3v) is 4.05. The molecule has 2 aromatic heterocycles. The van der Waals surface area contributed by atoms with Crippen molar-refractivity contribution in [2.24, 2.45) is 0 Å². The number of hydrogen-bond donors (Lipinski definition) is 0. The van der Waals surface area contributed by atoms with E-state index >= 15 is 0 Å². The molecule has 20 heavy (non-hydrogen) atoms. The summed E-state index contributed by atoms with van der Waals surface area (Å²) in [6, 6.07) is 0.818. The summed E-state index contributed by atoms with van der Waals surface area (Å²) in [7, 11) is -5.46. The Kier molecular flexibility index (Phi) is 3.08. The Morgan fingerprint density at radius 2 is 1.80 bits per heavy atom. The van der Waals surface area contributed by atoms with Crippen LogP contribution < -0.4 is 0 Å². The van der Waals surface area contributed by atoms with Crippen LogP contribution in [-0.2, 0) is 15.3 Å². The summed E-state index contributed by atoms with van der Waals surface area (Å²) in [5.74, 6) is 0. The predicted octanol–water partition coefficient (Wildman–Crippen LogP) is 2.32. The highest BCUT2D eigenvalue weighted by atomic mass is 32.2. The van der Waals surface area contributed by atoms with Gasteiger partial charge in [0.2, 0.25) is 0 Å². The molecule has 0 aliphatic heterocycles. The zero-order chi connectivity index (χ0) is 15.3. The van der Waals surface area contributed by atoms with Crippen LogP contribution in [0.5, 0.6) is 0 Å². The molecular weight excluding hydrogens is 295 g/mol. The molecule has 0 fully saturated rings. The number of rotatable bonds is 1. The molecule has 2 rings (SSSR count). The van der Waals surface area contributed by atoms with Gasteiger partial charge in [0.05, 0.1) is 5.69 Å². The lowest BCUT2D eigenvalue weighted by molar-refractivity contribution is -0.0438. The van der Waals surface area contributed by atoms with Gasteiger partial charge in [0.1, 0.15) is 12.0 Å². The van der Waals surface area contributed by atoms with Crippen LogP contribution in [0, 0.1) is 0 Å². The highest BCUT2D eigenvalue weighted by molar-refractivity contribution is 7.92. The van der Waals surface area contributed by atoms with Gasteiger partial charge in [-0.15, -0.1) is 0 Å². The quantitative estimate of drug-likeness (QED) is 0.758. The third-order valence-electron chi connectivity index (χ3n) is 2.67. The molecule has 9 heteroatoms. The Bertz CT molecular complexity index is 757. The molecule has 2 heterocycles. The lowest BCUT2D eigenvalue weighted by atomic mass is 9.93. The monoisotopic (exact) mass is 307 g/mol. The van der Waals surface area contributed by atoms with Gasteiger partial charge >= 0.3 is 5.51 Å². The maximum atomic E-state index is 12.5. The van der Waals surface area contributed by atoms with Crippen molar-refractivity contribution in [2.75, 3.05) is 0 Å². The molecular formula is C11H12F3N3O2S. The molecule has 110 valence electrons. The molecule has 0 saturated heterocycles. The molecule has 0 unspecified atom stereocenters. The first-order chi connectivity index (χ1) is 8.93. The lowest BCUT2D eigenvalue weighted by Crippen LogP contribution is -2.24. The van der Waals surface area contributed by atoms with E-state index in [2.05, 4.69) is 9.97 Å². The van der Waals surface area contributed by atoms with E-state index in [9.17, 15) is 21.6 Å². The molecule has 0 radical (unpaired) electrons. The third kappa shape index (κ3) is 2.37. The molecule has 0 N–H and O–H groups in total. The van der Waals surface area contributed by atoms with E-state index in [1.54, 1.807) is 6.20 Å². The second kappa shape index (κ2) is 4.18. The Morgan fingerprint density at radius 3 is 2.30 bits per heavy atom. The van der Waals surface area contributed by atoms with E-state index in [1.165, 1.54) is 4.40 Å². The van der Waals surface area contributed by atoms with Crippen molar-refractivity contribution in [3.05, 3.63) is 24.3 Å². The standard InChI is InChI=1S/C11H12F3N3O2S/c1-10(2,3)7-5-17-6-15-9(4-8(17)16-7)20(18,19)11(12,13)14/h4-6H,1-3H3. The number of fused-ring (bicyclic) bond motifs is 1. The van der Waals surface area contributed by atoms with Crippen molar-refractivity contribution < 1.29 is 21.6 Å². The Hall–Kier alpha value is -1.64. The number of alkyl halides is 3. The van der Waals surface area contributed by atoms with Crippen LogP contribution in [0.25, 0.3) is 5.65 Å². The van der Waals surface area contributed by atoms with Crippen LogP contribution in [0.15, 0.2) is 23.6 Å². The fourth-order valence-corrected chi connectivity index (χ4v) is 2.18.